The Hall–Kier alpha value is -1.39. The molecule has 2 aromatic rings. The molecule has 0 saturated carbocycles. The number of aromatic nitrogens is 1. The zero-order chi connectivity index (χ0) is 12.3. The largest absolute Gasteiger partial charge is 0.493 e. The average Bonchev–Trinajstić information content (AvgIpc) is 2.79. The van der Waals surface area contributed by atoms with Crippen molar-refractivity contribution in [3.63, 3.8) is 0 Å². The van der Waals surface area contributed by atoms with E-state index in [2.05, 4.69) is 4.98 Å². The van der Waals surface area contributed by atoms with Gasteiger partial charge in [0, 0.05) is 17.1 Å². The third-order valence-electron chi connectivity index (χ3n) is 2.39. The van der Waals surface area contributed by atoms with Crippen LogP contribution in [0.25, 0.3) is 10.6 Å². The van der Waals surface area contributed by atoms with Crippen molar-refractivity contribution in [3.8, 4) is 16.3 Å². The topological polar surface area (TPSA) is 48.1 Å². The molecule has 0 aliphatic carbocycles. The molecule has 0 spiro atoms. The van der Waals surface area contributed by atoms with Crippen molar-refractivity contribution < 1.29 is 4.74 Å². The van der Waals surface area contributed by atoms with Gasteiger partial charge < -0.3 is 10.5 Å². The molecule has 4 heteroatoms. The van der Waals surface area contributed by atoms with Crippen LogP contribution in [0.3, 0.4) is 0 Å². The lowest BCUT2D eigenvalue weighted by Gasteiger charge is -2.07. The van der Waals surface area contributed by atoms with Gasteiger partial charge in [0.1, 0.15) is 10.8 Å². The zero-order valence-corrected chi connectivity index (χ0v) is 10.8. The third-order valence-corrected chi connectivity index (χ3v) is 3.62. The van der Waals surface area contributed by atoms with E-state index in [-0.39, 0.29) is 6.04 Å². The molecule has 0 saturated heterocycles. The van der Waals surface area contributed by atoms with E-state index in [0.717, 1.165) is 21.2 Å². The van der Waals surface area contributed by atoms with E-state index in [1.807, 2.05) is 44.3 Å². The maximum Gasteiger partial charge on any atom is 0.129 e. The number of rotatable bonds is 4. The molecule has 2 rings (SSSR count). The Bertz CT molecular complexity index is 494. The molecule has 2 N–H and O–H groups in total. The number of ether oxygens (including phenoxy) is 1. The molecule has 17 heavy (non-hydrogen) atoms. The first-order valence-electron chi connectivity index (χ1n) is 5.66. The maximum absolute atomic E-state index is 5.84. The van der Waals surface area contributed by atoms with E-state index in [1.54, 1.807) is 11.3 Å². The van der Waals surface area contributed by atoms with Gasteiger partial charge in [0.25, 0.3) is 0 Å². The van der Waals surface area contributed by atoms with Crippen LogP contribution >= 0.6 is 11.3 Å². The van der Waals surface area contributed by atoms with Crippen molar-refractivity contribution in [2.45, 2.75) is 19.9 Å². The lowest BCUT2D eigenvalue weighted by molar-refractivity contribution is 0.341. The number of thiazole rings is 1. The van der Waals surface area contributed by atoms with E-state index in [0.29, 0.717) is 6.61 Å². The summed E-state index contributed by atoms with van der Waals surface area (Å²) in [4.78, 5) is 5.50. The van der Waals surface area contributed by atoms with Crippen molar-refractivity contribution in [2.24, 2.45) is 5.73 Å². The van der Waals surface area contributed by atoms with Gasteiger partial charge in [0.05, 0.1) is 12.2 Å². The van der Waals surface area contributed by atoms with Crippen molar-refractivity contribution in [3.05, 3.63) is 35.3 Å². The summed E-state index contributed by atoms with van der Waals surface area (Å²) >= 11 is 1.62. The molecule has 1 unspecified atom stereocenters. The quantitative estimate of drug-likeness (QED) is 0.903. The fourth-order valence-corrected chi connectivity index (χ4v) is 2.44. The molecule has 3 nitrogen and oxygen atoms in total. The summed E-state index contributed by atoms with van der Waals surface area (Å²) < 4.78 is 5.60. The fourth-order valence-electron chi connectivity index (χ4n) is 1.55. The molecular weight excluding hydrogens is 232 g/mol. The minimum Gasteiger partial charge on any atom is -0.493 e. The van der Waals surface area contributed by atoms with Gasteiger partial charge in [-0.05, 0) is 26.0 Å². The molecule has 0 radical (unpaired) electrons. The van der Waals surface area contributed by atoms with Crippen LogP contribution in [0.15, 0.2) is 30.5 Å². The van der Waals surface area contributed by atoms with Gasteiger partial charge in [-0.2, -0.15) is 0 Å². The second-order valence-electron chi connectivity index (χ2n) is 3.79. The summed E-state index contributed by atoms with van der Waals surface area (Å²) in [5.74, 6) is 0.876. The van der Waals surface area contributed by atoms with Gasteiger partial charge in [-0.25, -0.2) is 4.98 Å². The first-order chi connectivity index (χ1) is 8.22. The minimum atomic E-state index is 0.0282. The van der Waals surface area contributed by atoms with Gasteiger partial charge in [-0.1, -0.05) is 12.1 Å². The van der Waals surface area contributed by atoms with Gasteiger partial charge >= 0.3 is 0 Å². The van der Waals surface area contributed by atoms with E-state index < -0.39 is 0 Å². The molecule has 1 atom stereocenters. The number of nitrogens with zero attached hydrogens (tertiary/aromatic N) is 1. The maximum atomic E-state index is 5.84. The zero-order valence-electron chi connectivity index (χ0n) is 10.0. The SMILES string of the molecule is CCOc1ccccc1-c1ncc(C(C)N)s1. The number of hydrogen-bond donors (Lipinski definition) is 1. The van der Waals surface area contributed by atoms with Crippen LogP contribution in [-0.2, 0) is 0 Å². The molecule has 0 bridgehead atoms. The van der Waals surface area contributed by atoms with Gasteiger partial charge in [0.15, 0.2) is 0 Å². The van der Waals surface area contributed by atoms with Crippen LogP contribution in [0.5, 0.6) is 5.75 Å². The smallest absolute Gasteiger partial charge is 0.129 e. The number of para-hydroxylation sites is 1. The van der Waals surface area contributed by atoms with Crippen LogP contribution in [-0.4, -0.2) is 11.6 Å². The highest BCUT2D eigenvalue weighted by Gasteiger charge is 2.11. The standard InChI is InChI=1S/C13H16N2OS/c1-3-16-11-7-5-4-6-10(11)13-15-8-12(17-13)9(2)14/h4-9H,3,14H2,1-2H3. The molecule has 0 fully saturated rings. The highest BCUT2D eigenvalue weighted by Crippen LogP contribution is 2.34. The van der Waals surface area contributed by atoms with E-state index in [1.165, 1.54) is 0 Å². The van der Waals surface area contributed by atoms with Gasteiger partial charge in [0.2, 0.25) is 0 Å². The monoisotopic (exact) mass is 248 g/mol. The Labute approximate surface area is 105 Å². The predicted molar refractivity (Wildman–Crippen MR) is 71.3 cm³/mol. The molecule has 1 aromatic heterocycles. The summed E-state index contributed by atoms with van der Waals surface area (Å²) in [5.41, 5.74) is 6.87. The van der Waals surface area contributed by atoms with E-state index >= 15 is 0 Å². The predicted octanol–water partition coefficient (Wildman–Crippen LogP) is 3.23. The Morgan fingerprint density at radius 1 is 1.41 bits per heavy atom. The highest BCUT2D eigenvalue weighted by atomic mass is 32.1. The van der Waals surface area contributed by atoms with Crippen LogP contribution in [0.4, 0.5) is 0 Å². The molecule has 0 amide bonds. The summed E-state index contributed by atoms with van der Waals surface area (Å²) in [6, 6.07) is 7.97. The molecule has 0 aliphatic heterocycles. The Balaban J connectivity index is 2.38. The second kappa shape index (κ2) is 5.29. The fraction of sp³-hybridized carbons (Fsp3) is 0.308. The normalized spacial score (nSPS) is 12.4. The van der Waals surface area contributed by atoms with Crippen LogP contribution in [0.1, 0.15) is 24.8 Å². The lowest BCUT2D eigenvalue weighted by Crippen LogP contribution is -2.01. The number of benzene rings is 1. The highest BCUT2D eigenvalue weighted by molar-refractivity contribution is 7.15. The van der Waals surface area contributed by atoms with Crippen LogP contribution in [0, 0.1) is 0 Å². The van der Waals surface area contributed by atoms with Gasteiger partial charge in [-0.15, -0.1) is 11.3 Å². The van der Waals surface area contributed by atoms with Gasteiger partial charge in [-0.3, -0.25) is 0 Å². The molecule has 90 valence electrons. The summed E-state index contributed by atoms with van der Waals surface area (Å²) in [5, 5.41) is 0.960. The summed E-state index contributed by atoms with van der Waals surface area (Å²) in [6.07, 6.45) is 1.84. The van der Waals surface area contributed by atoms with Crippen molar-refractivity contribution in [1.82, 2.24) is 4.98 Å². The first kappa shape index (κ1) is 12.1. The Morgan fingerprint density at radius 2 is 2.18 bits per heavy atom. The van der Waals surface area contributed by atoms with Crippen molar-refractivity contribution in [2.75, 3.05) is 6.61 Å². The Morgan fingerprint density at radius 3 is 2.82 bits per heavy atom. The second-order valence-corrected chi connectivity index (χ2v) is 4.85. The molecule has 1 aromatic carbocycles. The van der Waals surface area contributed by atoms with E-state index in [9.17, 15) is 0 Å². The average molecular weight is 248 g/mol. The van der Waals surface area contributed by atoms with Crippen LogP contribution < -0.4 is 10.5 Å². The van der Waals surface area contributed by atoms with Crippen LogP contribution in [0.2, 0.25) is 0 Å². The lowest BCUT2D eigenvalue weighted by atomic mass is 10.2. The van der Waals surface area contributed by atoms with E-state index in [4.69, 9.17) is 10.5 Å². The third kappa shape index (κ3) is 2.65. The van der Waals surface area contributed by atoms with Crippen molar-refractivity contribution in [1.29, 1.82) is 0 Å². The molecule has 0 aliphatic rings. The molecule has 1 heterocycles. The Kier molecular flexibility index (Phi) is 3.76. The summed E-state index contributed by atoms with van der Waals surface area (Å²) in [6.45, 7) is 4.60. The number of hydrogen-bond acceptors (Lipinski definition) is 4. The minimum absolute atomic E-state index is 0.0282. The number of nitrogens with two attached hydrogens (primary N) is 1. The first-order valence-corrected chi connectivity index (χ1v) is 6.47. The summed E-state index contributed by atoms with van der Waals surface area (Å²) in [7, 11) is 0. The molecular formula is C13H16N2OS. The van der Waals surface area contributed by atoms with Crippen molar-refractivity contribution >= 4 is 11.3 Å².